The molecule has 0 saturated carbocycles. The molecular weight excluding hydrogens is 208 g/mol. The average Bonchev–Trinajstić information content (AvgIpc) is 2.56. The van der Waals surface area contributed by atoms with Crippen molar-refractivity contribution < 1.29 is 0 Å². The molecular formula is C12H15ClN2. The first-order chi connectivity index (χ1) is 7.11. The molecule has 0 aromatic carbocycles. The van der Waals surface area contributed by atoms with E-state index in [1.807, 2.05) is 31.3 Å². The largest absolute Gasteiger partial charge is 0.302 e. The van der Waals surface area contributed by atoms with Gasteiger partial charge in [-0.25, -0.2) is 4.98 Å². The monoisotopic (exact) mass is 222 g/mol. The fourth-order valence-electron chi connectivity index (χ4n) is 1.85. The molecule has 80 valence electrons. The fourth-order valence-corrected chi connectivity index (χ4v) is 2.07. The summed E-state index contributed by atoms with van der Waals surface area (Å²) in [6.45, 7) is 6.28. The van der Waals surface area contributed by atoms with Gasteiger partial charge in [-0.2, -0.15) is 0 Å². The van der Waals surface area contributed by atoms with Crippen LogP contribution in [0, 0.1) is 0 Å². The Morgan fingerprint density at radius 3 is 2.60 bits per heavy atom. The van der Waals surface area contributed by atoms with Gasteiger partial charge in [0, 0.05) is 6.20 Å². The standard InChI is InChI=1S/C12H15ClN2/c1-8(2)11-12(9(3)13)15-7-5-4-6-10(15)14-11/h4-9H,1-3H3. The van der Waals surface area contributed by atoms with Crippen molar-refractivity contribution in [1.82, 2.24) is 9.38 Å². The maximum absolute atomic E-state index is 6.21. The minimum absolute atomic E-state index is 0.0141. The van der Waals surface area contributed by atoms with Gasteiger partial charge in [0.15, 0.2) is 0 Å². The predicted molar refractivity (Wildman–Crippen MR) is 63.5 cm³/mol. The van der Waals surface area contributed by atoms with Gasteiger partial charge in [0.05, 0.1) is 16.8 Å². The molecule has 2 nitrogen and oxygen atoms in total. The molecule has 15 heavy (non-hydrogen) atoms. The highest BCUT2D eigenvalue weighted by Crippen LogP contribution is 2.29. The van der Waals surface area contributed by atoms with Crippen LogP contribution in [0.3, 0.4) is 0 Å². The summed E-state index contributed by atoms with van der Waals surface area (Å²) in [7, 11) is 0. The summed E-state index contributed by atoms with van der Waals surface area (Å²) in [6.07, 6.45) is 2.02. The zero-order valence-corrected chi connectivity index (χ0v) is 9.99. The highest BCUT2D eigenvalue weighted by molar-refractivity contribution is 6.20. The summed E-state index contributed by atoms with van der Waals surface area (Å²) >= 11 is 6.21. The summed E-state index contributed by atoms with van der Waals surface area (Å²) in [5.74, 6) is 0.404. The van der Waals surface area contributed by atoms with Gasteiger partial charge in [-0.15, -0.1) is 11.6 Å². The third-order valence-electron chi connectivity index (χ3n) is 2.52. The van der Waals surface area contributed by atoms with Crippen LogP contribution in [0.1, 0.15) is 43.5 Å². The average molecular weight is 223 g/mol. The summed E-state index contributed by atoms with van der Waals surface area (Å²) in [4.78, 5) is 4.61. The number of nitrogens with zero attached hydrogens (tertiary/aromatic N) is 2. The van der Waals surface area contributed by atoms with Crippen LogP contribution in [0.4, 0.5) is 0 Å². The Bertz CT molecular complexity index is 471. The summed E-state index contributed by atoms with van der Waals surface area (Å²) < 4.78 is 2.08. The number of hydrogen-bond donors (Lipinski definition) is 0. The SMILES string of the molecule is CC(C)c1nc2ccccn2c1C(C)Cl. The molecule has 0 saturated heterocycles. The van der Waals surface area contributed by atoms with Crippen molar-refractivity contribution in [1.29, 1.82) is 0 Å². The lowest BCUT2D eigenvalue weighted by Gasteiger charge is -2.08. The molecule has 0 fully saturated rings. The number of imidazole rings is 1. The van der Waals surface area contributed by atoms with Crippen LogP contribution in [0.25, 0.3) is 5.65 Å². The second-order valence-corrected chi connectivity index (χ2v) is 4.74. The summed E-state index contributed by atoms with van der Waals surface area (Å²) in [6, 6.07) is 6.01. The molecule has 0 amide bonds. The van der Waals surface area contributed by atoms with Crippen LogP contribution in [0.15, 0.2) is 24.4 Å². The first kappa shape index (κ1) is 10.5. The van der Waals surface area contributed by atoms with Crippen molar-refractivity contribution in [2.75, 3.05) is 0 Å². The highest BCUT2D eigenvalue weighted by atomic mass is 35.5. The van der Waals surface area contributed by atoms with E-state index in [9.17, 15) is 0 Å². The molecule has 2 aromatic rings. The lowest BCUT2D eigenvalue weighted by molar-refractivity contribution is 0.799. The Morgan fingerprint density at radius 1 is 1.27 bits per heavy atom. The molecule has 1 atom stereocenters. The van der Waals surface area contributed by atoms with Crippen molar-refractivity contribution in [2.45, 2.75) is 32.1 Å². The Kier molecular flexibility index (Phi) is 2.70. The van der Waals surface area contributed by atoms with Crippen molar-refractivity contribution in [3.8, 4) is 0 Å². The van der Waals surface area contributed by atoms with Gasteiger partial charge in [0.1, 0.15) is 5.65 Å². The number of halogens is 1. The van der Waals surface area contributed by atoms with Crippen molar-refractivity contribution in [3.63, 3.8) is 0 Å². The van der Waals surface area contributed by atoms with E-state index < -0.39 is 0 Å². The zero-order valence-electron chi connectivity index (χ0n) is 9.24. The fraction of sp³-hybridized carbons (Fsp3) is 0.417. The minimum atomic E-state index is -0.0141. The van der Waals surface area contributed by atoms with E-state index in [4.69, 9.17) is 11.6 Å². The van der Waals surface area contributed by atoms with Gasteiger partial charge in [0.25, 0.3) is 0 Å². The van der Waals surface area contributed by atoms with Gasteiger partial charge in [-0.05, 0) is 25.0 Å². The topological polar surface area (TPSA) is 17.3 Å². The van der Waals surface area contributed by atoms with Crippen molar-refractivity contribution in [2.24, 2.45) is 0 Å². The first-order valence-electron chi connectivity index (χ1n) is 5.22. The maximum Gasteiger partial charge on any atom is 0.137 e. The van der Waals surface area contributed by atoms with E-state index >= 15 is 0 Å². The maximum atomic E-state index is 6.21. The highest BCUT2D eigenvalue weighted by Gasteiger charge is 2.17. The second kappa shape index (κ2) is 3.86. The van der Waals surface area contributed by atoms with Crippen LogP contribution in [0.5, 0.6) is 0 Å². The third kappa shape index (κ3) is 1.74. The number of hydrogen-bond acceptors (Lipinski definition) is 1. The number of aromatic nitrogens is 2. The second-order valence-electron chi connectivity index (χ2n) is 4.08. The lowest BCUT2D eigenvalue weighted by Crippen LogP contribution is -1.98. The number of fused-ring (bicyclic) bond motifs is 1. The van der Waals surface area contributed by atoms with Crippen molar-refractivity contribution in [3.05, 3.63) is 35.8 Å². The van der Waals surface area contributed by atoms with Crippen LogP contribution in [-0.2, 0) is 0 Å². The lowest BCUT2D eigenvalue weighted by atomic mass is 10.1. The number of pyridine rings is 1. The van der Waals surface area contributed by atoms with Gasteiger partial charge in [0.2, 0.25) is 0 Å². The van der Waals surface area contributed by atoms with Crippen LogP contribution in [-0.4, -0.2) is 9.38 Å². The minimum Gasteiger partial charge on any atom is -0.302 e. The van der Waals surface area contributed by atoms with Crippen molar-refractivity contribution >= 4 is 17.2 Å². The molecule has 0 bridgehead atoms. The van der Waals surface area contributed by atoms with E-state index in [2.05, 4.69) is 23.2 Å². The normalized spacial score (nSPS) is 13.7. The summed E-state index contributed by atoms with van der Waals surface area (Å²) in [5, 5.41) is -0.0141. The number of rotatable bonds is 2. The molecule has 0 radical (unpaired) electrons. The summed E-state index contributed by atoms with van der Waals surface area (Å²) in [5.41, 5.74) is 3.19. The van der Waals surface area contributed by atoms with Crippen LogP contribution >= 0.6 is 11.6 Å². The van der Waals surface area contributed by atoms with Gasteiger partial charge < -0.3 is 4.40 Å². The molecule has 2 aromatic heterocycles. The zero-order chi connectivity index (χ0) is 11.0. The predicted octanol–water partition coefficient (Wildman–Crippen LogP) is 3.76. The molecule has 0 spiro atoms. The molecule has 0 N–H and O–H groups in total. The first-order valence-corrected chi connectivity index (χ1v) is 5.66. The van der Waals surface area contributed by atoms with E-state index in [1.54, 1.807) is 0 Å². The van der Waals surface area contributed by atoms with E-state index in [1.165, 1.54) is 0 Å². The Hall–Kier alpha value is -1.02. The Morgan fingerprint density at radius 2 is 2.00 bits per heavy atom. The smallest absolute Gasteiger partial charge is 0.137 e. The van der Waals surface area contributed by atoms with E-state index in [0.29, 0.717) is 5.92 Å². The van der Waals surface area contributed by atoms with Gasteiger partial charge in [-0.1, -0.05) is 19.9 Å². The molecule has 0 aliphatic carbocycles. The van der Waals surface area contributed by atoms with Gasteiger partial charge >= 0.3 is 0 Å². The molecule has 0 aliphatic rings. The Balaban J connectivity index is 2.75. The third-order valence-corrected chi connectivity index (χ3v) is 2.73. The quantitative estimate of drug-likeness (QED) is 0.708. The van der Waals surface area contributed by atoms with Crippen LogP contribution in [0.2, 0.25) is 0 Å². The molecule has 3 heteroatoms. The molecule has 2 rings (SSSR count). The Labute approximate surface area is 94.9 Å². The van der Waals surface area contributed by atoms with E-state index in [-0.39, 0.29) is 5.38 Å². The molecule has 1 unspecified atom stereocenters. The van der Waals surface area contributed by atoms with E-state index in [0.717, 1.165) is 17.0 Å². The number of alkyl halides is 1. The van der Waals surface area contributed by atoms with Crippen LogP contribution < -0.4 is 0 Å². The van der Waals surface area contributed by atoms with Gasteiger partial charge in [-0.3, -0.25) is 0 Å². The molecule has 0 aliphatic heterocycles. The molecule has 2 heterocycles.